The molecule has 1 aliphatic heterocycles. The first-order valence-electron chi connectivity index (χ1n) is 8.50. The predicted molar refractivity (Wildman–Crippen MR) is 94.5 cm³/mol. The Labute approximate surface area is 138 Å². The van der Waals surface area contributed by atoms with Crippen molar-refractivity contribution >= 4 is 5.91 Å². The van der Waals surface area contributed by atoms with E-state index in [1.54, 1.807) is 0 Å². The Morgan fingerprint density at radius 2 is 1.78 bits per heavy atom. The largest absolute Gasteiger partial charge is 0.325 e. The molecule has 0 saturated carbocycles. The van der Waals surface area contributed by atoms with Crippen LogP contribution in [0.15, 0.2) is 36.5 Å². The Hall–Kier alpha value is -2.03. The molecule has 0 fully saturated rings. The van der Waals surface area contributed by atoms with Crippen molar-refractivity contribution in [2.24, 2.45) is 0 Å². The molecule has 0 aliphatic carbocycles. The maximum atomic E-state index is 12.4. The molecule has 0 radical (unpaired) electrons. The lowest BCUT2D eigenvalue weighted by Gasteiger charge is -2.19. The van der Waals surface area contributed by atoms with Gasteiger partial charge in [-0.25, -0.2) is 0 Å². The summed E-state index contributed by atoms with van der Waals surface area (Å²) in [4.78, 5) is 14.4. The van der Waals surface area contributed by atoms with E-state index < -0.39 is 0 Å². The number of benzene rings is 1. The van der Waals surface area contributed by atoms with Crippen LogP contribution in [0.25, 0.3) is 11.1 Å². The number of hydrogen-bond donors (Lipinski definition) is 0. The molecule has 0 spiro atoms. The molecule has 0 saturated heterocycles. The highest BCUT2D eigenvalue weighted by atomic mass is 16.2. The van der Waals surface area contributed by atoms with E-state index in [4.69, 9.17) is 0 Å². The van der Waals surface area contributed by atoms with Crippen molar-refractivity contribution in [2.45, 2.75) is 52.6 Å². The molecule has 3 rings (SSSR count). The second-order valence-corrected chi connectivity index (χ2v) is 7.47. The van der Waals surface area contributed by atoms with Crippen LogP contribution in [0.5, 0.6) is 0 Å². The van der Waals surface area contributed by atoms with Gasteiger partial charge in [-0.3, -0.25) is 4.79 Å². The zero-order valence-electron chi connectivity index (χ0n) is 14.6. The Morgan fingerprint density at radius 1 is 1.09 bits per heavy atom. The summed E-state index contributed by atoms with van der Waals surface area (Å²) in [5.74, 6) is 0.163. The highest BCUT2D eigenvalue weighted by Crippen LogP contribution is 2.29. The van der Waals surface area contributed by atoms with Gasteiger partial charge in [-0.1, -0.05) is 58.4 Å². The van der Waals surface area contributed by atoms with Gasteiger partial charge in [-0.2, -0.15) is 0 Å². The van der Waals surface area contributed by atoms with Gasteiger partial charge >= 0.3 is 0 Å². The van der Waals surface area contributed by atoms with Crippen molar-refractivity contribution in [1.29, 1.82) is 0 Å². The molecule has 3 nitrogen and oxygen atoms in total. The molecule has 2 heterocycles. The molecule has 0 bridgehead atoms. The zero-order valence-corrected chi connectivity index (χ0v) is 14.6. The normalized spacial score (nSPS) is 14.4. The van der Waals surface area contributed by atoms with Crippen LogP contribution < -0.4 is 0 Å². The Bertz CT molecular complexity index is 704. The molecule has 1 aliphatic rings. The van der Waals surface area contributed by atoms with E-state index in [-0.39, 0.29) is 11.3 Å². The number of nitrogens with zero attached hydrogens (tertiary/aromatic N) is 2. The molecule has 23 heavy (non-hydrogen) atoms. The van der Waals surface area contributed by atoms with Crippen LogP contribution in [0.1, 0.15) is 56.6 Å². The van der Waals surface area contributed by atoms with Gasteiger partial charge in [-0.15, -0.1) is 0 Å². The van der Waals surface area contributed by atoms with Crippen LogP contribution in [0.4, 0.5) is 0 Å². The van der Waals surface area contributed by atoms with E-state index >= 15 is 0 Å². The third-order valence-corrected chi connectivity index (χ3v) is 4.59. The quantitative estimate of drug-likeness (QED) is 0.806. The first-order chi connectivity index (χ1) is 10.9. The number of hydrogen-bond acceptors (Lipinski definition) is 1. The van der Waals surface area contributed by atoms with Gasteiger partial charge in [0.15, 0.2) is 0 Å². The lowest BCUT2D eigenvalue weighted by atomic mass is 9.86. The molecule has 122 valence electrons. The van der Waals surface area contributed by atoms with Gasteiger partial charge in [0.2, 0.25) is 0 Å². The minimum Gasteiger partial charge on any atom is -0.325 e. The summed E-state index contributed by atoms with van der Waals surface area (Å²) in [5.41, 5.74) is 4.61. The van der Waals surface area contributed by atoms with Crippen molar-refractivity contribution in [3.63, 3.8) is 0 Å². The van der Waals surface area contributed by atoms with Crippen molar-refractivity contribution in [1.82, 2.24) is 9.47 Å². The monoisotopic (exact) mass is 310 g/mol. The highest BCUT2D eigenvalue weighted by Gasteiger charge is 2.27. The van der Waals surface area contributed by atoms with E-state index in [0.29, 0.717) is 6.67 Å². The molecule has 1 aromatic heterocycles. The Balaban J connectivity index is 1.80. The lowest BCUT2D eigenvalue weighted by molar-refractivity contribution is 0.0767. The standard InChI is InChI=1S/C20H26N2O/c1-5-6-11-21-14-22-13-16(12-18(22)19(21)23)15-7-9-17(10-8-15)20(2,3)4/h7-10,12-13H,5-6,11,14H2,1-4H3. The number of rotatable bonds is 4. The summed E-state index contributed by atoms with van der Waals surface area (Å²) in [7, 11) is 0. The summed E-state index contributed by atoms with van der Waals surface area (Å²) in [6, 6.07) is 10.7. The van der Waals surface area contributed by atoms with Gasteiger partial charge in [0.05, 0.1) is 6.67 Å². The summed E-state index contributed by atoms with van der Waals surface area (Å²) >= 11 is 0. The fraction of sp³-hybridized carbons (Fsp3) is 0.450. The predicted octanol–water partition coefficient (Wildman–Crippen LogP) is 4.67. The number of carbonyl (C=O) groups excluding carboxylic acids is 1. The molecular formula is C20H26N2O. The summed E-state index contributed by atoms with van der Waals surface area (Å²) < 4.78 is 2.07. The van der Waals surface area contributed by atoms with Crippen LogP contribution in [0.3, 0.4) is 0 Å². The maximum Gasteiger partial charge on any atom is 0.271 e. The highest BCUT2D eigenvalue weighted by molar-refractivity contribution is 5.96. The van der Waals surface area contributed by atoms with Gasteiger partial charge in [0.1, 0.15) is 5.69 Å². The van der Waals surface area contributed by atoms with Crippen molar-refractivity contribution in [2.75, 3.05) is 6.54 Å². The number of amides is 1. The maximum absolute atomic E-state index is 12.4. The average Bonchev–Trinajstić information content (AvgIpc) is 3.04. The third kappa shape index (κ3) is 3.05. The number of unbranched alkanes of at least 4 members (excludes halogenated alkanes) is 1. The average molecular weight is 310 g/mol. The van der Waals surface area contributed by atoms with E-state index in [1.165, 1.54) is 11.1 Å². The Kier molecular flexibility index (Phi) is 4.05. The minimum absolute atomic E-state index is 0.163. The fourth-order valence-electron chi connectivity index (χ4n) is 3.06. The van der Waals surface area contributed by atoms with Gasteiger partial charge in [0.25, 0.3) is 5.91 Å². The van der Waals surface area contributed by atoms with E-state index in [2.05, 4.69) is 62.7 Å². The van der Waals surface area contributed by atoms with Crippen molar-refractivity contribution in [3.05, 3.63) is 47.8 Å². The van der Waals surface area contributed by atoms with Crippen LogP contribution >= 0.6 is 0 Å². The van der Waals surface area contributed by atoms with Gasteiger partial charge in [0, 0.05) is 18.3 Å². The third-order valence-electron chi connectivity index (χ3n) is 4.59. The summed E-state index contributed by atoms with van der Waals surface area (Å²) in [6.07, 6.45) is 4.28. The van der Waals surface area contributed by atoms with Crippen molar-refractivity contribution < 1.29 is 4.79 Å². The topological polar surface area (TPSA) is 25.2 Å². The smallest absolute Gasteiger partial charge is 0.271 e. The summed E-state index contributed by atoms with van der Waals surface area (Å²) in [6.45, 7) is 10.4. The van der Waals surface area contributed by atoms with E-state index in [9.17, 15) is 4.79 Å². The Morgan fingerprint density at radius 3 is 2.35 bits per heavy atom. The molecule has 2 aromatic rings. The number of aromatic nitrogens is 1. The van der Waals surface area contributed by atoms with Crippen LogP contribution in [0.2, 0.25) is 0 Å². The van der Waals surface area contributed by atoms with Gasteiger partial charge in [-0.05, 0) is 29.0 Å². The number of carbonyl (C=O) groups is 1. The van der Waals surface area contributed by atoms with Crippen molar-refractivity contribution in [3.8, 4) is 11.1 Å². The molecule has 1 aromatic carbocycles. The number of fused-ring (bicyclic) bond motifs is 1. The molecule has 1 amide bonds. The molecular weight excluding hydrogens is 284 g/mol. The zero-order chi connectivity index (χ0) is 16.6. The van der Waals surface area contributed by atoms with Crippen LogP contribution in [0, 0.1) is 0 Å². The van der Waals surface area contributed by atoms with E-state index in [1.807, 2.05) is 11.0 Å². The minimum atomic E-state index is 0.163. The first kappa shape index (κ1) is 15.9. The molecule has 0 unspecified atom stereocenters. The molecule has 0 N–H and O–H groups in total. The molecule has 0 atom stereocenters. The van der Waals surface area contributed by atoms with Crippen LogP contribution in [-0.2, 0) is 12.1 Å². The fourth-order valence-corrected chi connectivity index (χ4v) is 3.06. The second-order valence-electron chi connectivity index (χ2n) is 7.47. The van der Waals surface area contributed by atoms with Crippen LogP contribution in [-0.4, -0.2) is 21.9 Å². The second kappa shape index (κ2) is 5.88. The van der Waals surface area contributed by atoms with E-state index in [0.717, 1.165) is 30.6 Å². The SMILES string of the molecule is CCCCN1Cn2cc(-c3ccc(C(C)(C)C)cc3)cc2C1=O. The van der Waals surface area contributed by atoms with Gasteiger partial charge < -0.3 is 9.47 Å². The lowest BCUT2D eigenvalue weighted by Crippen LogP contribution is -2.25. The molecule has 3 heteroatoms. The summed E-state index contributed by atoms with van der Waals surface area (Å²) in [5, 5.41) is 0. The first-order valence-corrected chi connectivity index (χ1v) is 8.50.